The molecule has 0 aromatic carbocycles. The Morgan fingerprint density at radius 1 is 1.41 bits per heavy atom. The largest absolute Gasteiger partial charge is 0.333 e. The topological polar surface area (TPSA) is 60.0 Å². The second-order valence-corrected chi connectivity index (χ2v) is 5.13. The number of thiazole rings is 1. The minimum absolute atomic E-state index is 0.537. The Morgan fingerprint density at radius 3 is 3.18 bits per heavy atom. The van der Waals surface area contributed by atoms with Crippen molar-refractivity contribution in [3.05, 3.63) is 34.3 Å². The number of fused-ring (bicyclic) bond motifs is 1. The highest BCUT2D eigenvalue weighted by Crippen LogP contribution is 2.15. The van der Waals surface area contributed by atoms with Crippen LogP contribution < -0.4 is 5.73 Å². The predicted molar refractivity (Wildman–Crippen MR) is 66.3 cm³/mol. The molecular weight excluding hydrogens is 234 g/mol. The van der Waals surface area contributed by atoms with Gasteiger partial charge in [-0.3, -0.25) is 4.90 Å². The molecule has 3 heterocycles. The van der Waals surface area contributed by atoms with Crippen LogP contribution in [0, 0.1) is 0 Å². The molecule has 3 rings (SSSR count). The Morgan fingerprint density at radius 2 is 2.35 bits per heavy atom. The average Bonchev–Trinajstić information content (AvgIpc) is 2.96. The van der Waals surface area contributed by atoms with Crippen molar-refractivity contribution >= 4 is 11.3 Å². The molecule has 1 aliphatic heterocycles. The van der Waals surface area contributed by atoms with Crippen LogP contribution in [0.3, 0.4) is 0 Å². The maximum atomic E-state index is 5.57. The summed E-state index contributed by atoms with van der Waals surface area (Å²) in [5, 5.41) is 3.11. The molecule has 2 aromatic rings. The van der Waals surface area contributed by atoms with Gasteiger partial charge in [0.2, 0.25) is 0 Å². The van der Waals surface area contributed by atoms with E-state index in [9.17, 15) is 0 Å². The van der Waals surface area contributed by atoms with E-state index in [4.69, 9.17) is 5.73 Å². The number of hydrogen-bond acceptors (Lipinski definition) is 5. The van der Waals surface area contributed by atoms with Gasteiger partial charge in [0.1, 0.15) is 10.8 Å². The van der Waals surface area contributed by atoms with Crippen molar-refractivity contribution in [1.82, 2.24) is 19.4 Å². The van der Waals surface area contributed by atoms with E-state index in [1.165, 1.54) is 0 Å². The summed E-state index contributed by atoms with van der Waals surface area (Å²) in [6, 6.07) is 0. The van der Waals surface area contributed by atoms with Crippen molar-refractivity contribution in [3.8, 4) is 0 Å². The van der Waals surface area contributed by atoms with E-state index < -0.39 is 0 Å². The van der Waals surface area contributed by atoms with Gasteiger partial charge in [-0.05, 0) is 0 Å². The molecular formula is C11H15N5S. The third kappa shape index (κ3) is 2.24. The number of nitrogens with zero attached hydrogens (tertiary/aromatic N) is 4. The van der Waals surface area contributed by atoms with E-state index >= 15 is 0 Å². The SMILES string of the molecule is NCc1nc(CN2CCn3ccnc3C2)cs1. The lowest BCUT2D eigenvalue weighted by molar-refractivity contribution is 0.207. The van der Waals surface area contributed by atoms with Gasteiger partial charge in [0.25, 0.3) is 0 Å². The first-order valence-electron chi connectivity index (χ1n) is 5.71. The molecule has 6 heteroatoms. The van der Waals surface area contributed by atoms with Crippen molar-refractivity contribution in [1.29, 1.82) is 0 Å². The van der Waals surface area contributed by atoms with Gasteiger partial charge < -0.3 is 10.3 Å². The lowest BCUT2D eigenvalue weighted by atomic mass is 10.3. The second kappa shape index (κ2) is 4.56. The number of nitrogens with two attached hydrogens (primary N) is 1. The first-order valence-corrected chi connectivity index (χ1v) is 6.59. The van der Waals surface area contributed by atoms with Crippen molar-refractivity contribution in [2.45, 2.75) is 26.2 Å². The molecule has 0 fully saturated rings. The molecule has 0 radical (unpaired) electrons. The van der Waals surface area contributed by atoms with E-state index in [2.05, 4.69) is 24.8 Å². The molecule has 17 heavy (non-hydrogen) atoms. The highest BCUT2D eigenvalue weighted by Gasteiger charge is 2.17. The highest BCUT2D eigenvalue weighted by atomic mass is 32.1. The maximum absolute atomic E-state index is 5.57. The molecule has 90 valence electrons. The summed E-state index contributed by atoms with van der Waals surface area (Å²) in [4.78, 5) is 11.2. The molecule has 0 aliphatic carbocycles. The number of rotatable bonds is 3. The van der Waals surface area contributed by atoms with Crippen LogP contribution in [0.1, 0.15) is 16.5 Å². The van der Waals surface area contributed by atoms with Crippen molar-refractivity contribution in [3.63, 3.8) is 0 Å². The van der Waals surface area contributed by atoms with Crippen LogP contribution in [-0.2, 0) is 26.2 Å². The van der Waals surface area contributed by atoms with E-state index in [-0.39, 0.29) is 0 Å². The van der Waals surface area contributed by atoms with Crippen molar-refractivity contribution in [2.75, 3.05) is 6.54 Å². The van der Waals surface area contributed by atoms with Gasteiger partial charge in [-0.2, -0.15) is 0 Å². The Balaban J connectivity index is 1.67. The summed E-state index contributed by atoms with van der Waals surface area (Å²) in [5.74, 6) is 1.14. The van der Waals surface area contributed by atoms with E-state index in [0.717, 1.165) is 42.7 Å². The third-order valence-electron chi connectivity index (χ3n) is 2.98. The zero-order valence-electron chi connectivity index (χ0n) is 9.54. The summed E-state index contributed by atoms with van der Waals surface area (Å²) in [6.45, 7) is 4.41. The van der Waals surface area contributed by atoms with Crippen LogP contribution in [0.15, 0.2) is 17.8 Å². The van der Waals surface area contributed by atoms with Crippen LogP contribution in [0.5, 0.6) is 0 Å². The summed E-state index contributed by atoms with van der Waals surface area (Å²) < 4.78 is 2.21. The molecule has 2 N–H and O–H groups in total. The van der Waals surface area contributed by atoms with Gasteiger partial charge in [0, 0.05) is 44.0 Å². The predicted octanol–water partition coefficient (Wildman–Crippen LogP) is 0.814. The summed E-state index contributed by atoms with van der Waals surface area (Å²) >= 11 is 1.64. The fourth-order valence-electron chi connectivity index (χ4n) is 2.10. The van der Waals surface area contributed by atoms with E-state index in [0.29, 0.717) is 6.54 Å². The van der Waals surface area contributed by atoms with Crippen LogP contribution in [0.4, 0.5) is 0 Å². The second-order valence-electron chi connectivity index (χ2n) is 4.18. The molecule has 0 saturated heterocycles. The zero-order valence-corrected chi connectivity index (χ0v) is 10.4. The minimum atomic E-state index is 0.537. The van der Waals surface area contributed by atoms with Crippen LogP contribution in [0.2, 0.25) is 0 Å². The van der Waals surface area contributed by atoms with Crippen LogP contribution in [0.25, 0.3) is 0 Å². The number of aromatic nitrogens is 3. The summed E-state index contributed by atoms with van der Waals surface area (Å²) in [6.07, 6.45) is 3.91. The first kappa shape index (κ1) is 10.9. The Hall–Kier alpha value is -1.24. The molecule has 0 atom stereocenters. The molecule has 0 bridgehead atoms. The normalized spacial score (nSPS) is 16.1. The van der Waals surface area contributed by atoms with E-state index in [1.807, 2.05) is 12.4 Å². The third-order valence-corrected chi connectivity index (χ3v) is 3.90. The van der Waals surface area contributed by atoms with Gasteiger partial charge in [0.05, 0.1) is 12.2 Å². The van der Waals surface area contributed by atoms with Gasteiger partial charge in [0.15, 0.2) is 0 Å². The smallest absolute Gasteiger partial charge is 0.122 e. The molecule has 0 amide bonds. The van der Waals surface area contributed by atoms with Gasteiger partial charge in [-0.1, -0.05) is 0 Å². The molecule has 0 unspecified atom stereocenters. The lowest BCUT2D eigenvalue weighted by Gasteiger charge is -2.26. The van der Waals surface area contributed by atoms with Gasteiger partial charge in [-0.15, -0.1) is 11.3 Å². The highest BCUT2D eigenvalue weighted by molar-refractivity contribution is 7.09. The van der Waals surface area contributed by atoms with Crippen molar-refractivity contribution < 1.29 is 0 Å². The first-order chi connectivity index (χ1) is 8.35. The zero-order chi connectivity index (χ0) is 11.7. The fraction of sp³-hybridized carbons (Fsp3) is 0.455. The molecule has 1 aliphatic rings. The van der Waals surface area contributed by atoms with Gasteiger partial charge in [-0.25, -0.2) is 9.97 Å². The number of hydrogen-bond donors (Lipinski definition) is 1. The average molecular weight is 249 g/mol. The van der Waals surface area contributed by atoms with Gasteiger partial charge >= 0.3 is 0 Å². The van der Waals surface area contributed by atoms with Crippen LogP contribution in [-0.4, -0.2) is 26.0 Å². The van der Waals surface area contributed by atoms with Crippen LogP contribution >= 0.6 is 11.3 Å². The Kier molecular flexibility index (Phi) is 2.92. The Labute approximate surface area is 104 Å². The molecule has 5 nitrogen and oxygen atoms in total. The quantitative estimate of drug-likeness (QED) is 0.874. The molecule has 0 spiro atoms. The standard InChI is InChI=1S/C11H15N5S/c12-5-11-14-9(8-17-11)6-15-3-4-16-2-1-13-10(16)7-15/h1-2,8H,3-7,12H2. The summed E-state index contributed by atoms with van der Waals surface area (Å²) in [5.41, 5.74) is 6.69. The van der Waals surface area contributed by atoms with Crippen molar-refractivity contribution in [2.24, 2.45) is 5.73 Å². The Bertz CT molecular complexity index is 503. The van der Waals surface area contributed by atoms with E-state index in [1.54, 1.807) is 11.3 Å². The molecule has 2 aromatic heterocycles. The fourth-order valence-corrected chi connectivity index (χ4v) is 2.77. The minimum Gasteiger partial charge on any atom is -0.333 e. The molecule has 0 saturated carbocycles. The summed E-state index contributed by atoms with van der Waals surface area (Å²) in [7, 11) is 0. The lowest BCUT2D eigenvalue weighted by Crippen LogP contribution is -2.33. The maximum Gasteiger partial charge on any atom is 0.122 e. The number of imidazole rings is 1. The monoisotopic (exact) mass is 249 g/mol.